The Balaban J connectivity index is 2.63. The van der Waals surface area contributed by atoms with Crippen LogP contribution in [0.25, 0.3) is 0 Å². The summed E-state index contributed by atoms with van der Waals surface area (Å²) in [6.45, 7) is 4.06. The first-order valence-electron chi connectivity index (χ1n) is 3.47. The normalized spacial score (nSPS) is 9.42. The second-order valence-corrected chi connectivity index (χ2v) is 2.87. The van der Waals surface area contributed by atoms with Crippen LogP contribution >= 0.6 is 11.6 Å². The molecule has 4 heteroatoms. The maximum atomic E-state index is 5.61. The summed E-state index contributed by atoms with van der Waals surface area (Å²) >= 11 is 5.57. The van der Waals surface area contributed by atoms with Gasteiger partial charge in [0.25, 0.3) is 0 Å². The number of nitrogens with zero attached hydrogens (tertiary/aromatic N) is 1. The second-order valence-electron chi connectivity index (χ2n) is 2.33. The monoisotopic (exact) mass is 183 g/mol. The summed E-state index contributed by atoms with van der Waals surface area (Å²) in [5.41, 5.74) is 7.04. The van der Waals surface area contributed by atoms with Gasteiger partial charge in [-0.3, -0.25) is 4.98 Å². The lowest BCUT2D eigenvalue weighted by Gasteiger charge is -2.06. The van der Waals surface area contributed by atoms with Gasteiger partial charge < -0.3 is 11.1 Å². The van der Waals surface area contributed by atoms with E-state index in [9.17, 15) is 0 Å². The number of nitrogen functional groups attached to an aromatic ring is 1. The highest BCUT2D eigenvalue weighted by molar-refractivity contribution is 6.29. The minimum absolute atomic E-state index is 0.510. The fraction of sp³-hybridized carbons (Fsp3) is 0.125. The van der Waals surface area contributed by atoms with E-state index in [-0.39, 0.29) is 0 Å². The number of rotatable bonds is 3. The number of anilines is 2. The largest absolute Gasteiger partial charge is 0.396 e. The standard InChI is InChI=1S/C8H10ClN3/c1-6(9)4-12-8-2-3-11-5-7(8)10/h2-3,5H,1,4,10H2,(H,11,12). The van der Waals surface area contributed by atoms with Crippen molar-refractivity contribution in [3.05, 3.63) is 30.1 Å². The third-order valence-corrected chi connectivity index (χ3v) is 1.46. The smallest absolute Gasteiger partial charge is 0.0736 e. The first-order chi connectivity index (χ1) is 5.70. The molecule has 0 saturated heterocycles. The Hall–Kier alpha value is -1.22. The summed E-state index contributed by atoms with van der Waals surface area (Å²) in [4.78, 5) is 3.85. The molecule has 0 bridgehead atoms. The van der Waals surface area contributed by atoms with Crippen LogP contribution in [0.15, 0.2) is 30.1 Å². The SMILES string of the molecule is C=C(Cl)CNc1ccncc1N. The zero-order valence-electron chi connectivity index (χ0n) is 6.55. The van der Waals surface area contributed by atoms with E-state index in [4.69, 9.17) is 17.3 Å². The summed E-state index contributed by atoms with van der Waals surface area (Å²) in [5.74, 6) is 0. The molecule has 0 aliphatic rings. The zero-order chi connectivity index (χ0) is 8.97. The summed E-state index contributed by atoms with van der Waals surface area (Å²) in [6, 6.07) is 1.79. The third kappa shape index (κ3) is 2.43. The molecule has 1 aromatic rings. The van der Waals surface area contributed by atoms with Crippen LogP contribution in [-0.4, -0.2) is 11.5 Å². The molecule has 0 spiro atoms. The van der Waals surface area contributed by atoms with Crippen molar-refractivity contribution in [2.75, 3.05) is 17.6 Å². The van der Waals surface area contributed by atoms with Crippen molar-refractivity contribution in [1.82, 2.24) is 4.98 Å². The van der Waals surface area contributed by atoms with E-state index in [1.165, 1.54) is 0 Å². The molecule has 64 valence electrons. The summed E-state index contributed by atoms with van der Waals surface area (Å²) in [6.07, 6.45) is 3.25. The van der Waals surface area contributed by atoms with Crippen LogP contribution in [-0.2, 0) is 0 Å². The van der Waals surface area contributed by atoms with Gasteiger partial charge in [-0.2, -0.15) is 0 Å². The number of nitrogens with one attached hydrogen (secondary N) is 1. The molecule has 0 aliphatic carbocycles. The maximum Gasteiger partial charge on any atom is 0.0736 e. The molecule has 12 heavy (non-hydrogen) atoms. The highest BCUT2D eigenvalue weighted by Gasteiger charge is 1.96. The topological polar surface area (TPSA) is 50.9 Å². The molecule has 1 rings (SSSR count). The van der Waals surface area contributed by atoms with Gasteiger partial charge in [-0.1, -0.05) is 18.2 Å². The number of hydrogen-bond acceptors (Lipinski definition) is 3. The van der Waals surface area contributed by atoms with Gasteiger partial charge in [0.15, 0.2) is 0 Å². The minimum Gasteiger partial charge on any atom is -0.396 e. The van der Waals surface area contributed by atoms with Gasteiger partial charge in [0.1, 0.15) is 0 Å². The molecule has 0 radical (unpaired) electrons. The van der Waals surface area contributed by atoms with E-state index in [0.717, 1.165) is 5.69 Å². The Morgan fingerprint density at radius 1 is 1.75 bits per heavy atom. The molecule has 0 fully saturated rings. The Morgan fingerprint density at radius 3 is 3.08 bits per heavy atom. The Morgan fingerprint density at radius 2 is 2.50 bits per heavy atom. The molecule has 0 amide bonds. The number of aromatic nitrogens is 1. The van der Waals surface area contributed by atoms with Crippen LogP contribution in [0.2, 0.25) is 0 Å². The number of halogens is 1. The van der Waals surface area contributed by atoms with Crippen LogP contribution in [0, 0.1) is 0 Å². The van der Waals surface area contributed by atoms with Gasteiger partial charge in [0.2, 0.25) is 0 Å². The van der Waals surface area contributed by atoms with Crippen LogP contribution in [0.1, 0.15) is 0 Å². The van der Waals surface area contributed by atoms with Gasteiger partial charge in [0.05, 0.1) is 24.1 Å². The van der Waals surface area contributed by atoms with Crippen molar-refractivity contribution >= 4 is 23.0 Å². The molecule has 3 nitrogen and oxygen atoms in total. The molecule has 0 saturated carbocycles. The highest BCUT2D eigenvalue weighted by Crippen LogP contribution is 2.15. The molecular formula is C8H10ClN3. The van der Waals surface area contributed by atoms with Crippen molar-refractivity contribution in [2.45, 2.75) is 0 Å². The highest BCUT2D eigenvalue weighted by atomic mass is 35.5. The van der Waals surface area contributed by atoms with Crippen LogP contribution in [0.3, 0.4) is 0 Å². The molecule has 1 aromatic heterocycles. The lowest BCUT2D eigenvalue weighted by Crippen LogP contribution is -2.03. The lowest BCUT2D eigenvalue weighted by atomic mass is 10.3. The number of pyridine rings is 1. The van der Waals surface area contributed by atoms with Crippen molar-refractivity contribution < 1.29 is 0 Å². The maximum absolute atomic E-state index is 5.61. The van der Waals surface area contributed by atoms with E-state index in [2.05, 4.69) is 16.9 Å². The van der Waals surface area contributed by atoms with Gasteiger partial charge >= 0.3 is 0 Å². The fourth-order valence-corrected chi connectivity index (χ4v) is 0.826. The van der Waals surface area contributed by atoms with Gasteiger partial charge in [-0.05, 0) is 6.07 Å². The molecule has 0 unspecified atom stereocenters. The van der Waals surface area contributed by atoms with Gasteiger partial charge in [0, 0.05) is 11.2 Å². The predicted octanol–water partition coefficient (Wildman–Crippen LogP) is 1.83. The third-order valence-electron chi connectivity index (χ3n) is 1.32. The molecule has 0 atom stereocenters. The first-order valence-corrected chi connectivity index (χ1v) is 3.84. The van der Waals surface area contributed by atoms with Gasteiger partial charge in [-0.15, -0.1) is 0 Å². The Kier molecular flexibility index (Phi) is 2.94. The minimum atomic E-state index is 0.510. The molecule has 1 heterocycles. The zero-order valence-corrected chi connectivity index (χ0v) is 7.30. The second kappa shape index (κ2) is 3.97. The fourth-order valence-electron chi connectivity index (χ4n) is 0.759. The average Bonchev–Trinajstić information content (AvgIpc) is 2.03. The molecule has 0 aromatic carbocycles. The average molecular weight is 184 g/mol. The molecular weight excluding hydrogens is 174 g/mol. The van der Waals surface area contributed by atoms with E-state index >= 15 is 0 Å². The quantitative estimate of drug-likeness (QED) is 0.752. The van der Waals surface area contributed by atoms with Gasteiger partial charge in [-0.25, -0.2) is 0 Å². The van der Waals surface area contributed by atoms with Crippen LogP contribution < -0.4 is 11.1 Å². The first kappa shape index (κ1) is 8.87. The van der Waals surface area contributed by atoms with Crippen LogP contribution in [0.5, 0.6) is 0 Å². The van der Waals surface area contributed by atoms with E-state index in [1.54, 1.807) is 18.5 Å². The van der Waals surface area contributed by atoms with Crippen molar-refractivity contribution in [1.29, 1.82) is 0 Å². The Labute approximate surface area is 76.2 Å². The van der Waals surface area contributed by atoms with E-state index < -0.39 is 0 Å². The number of nitrogens with two attached hydrogens (primary N) is 1. The summed E-state index contributed by atoms with van der Waals surface area (Å²) < 4.78 is 0. The van der Waals surface area contributed by atoms with Crippen molar-refractivity contribution in [2.24, 2.45) is 0 Å². The van der Waals surface area contributed by atoms with E-state index in [0.29, 0.717) is 17.3 Å². The van der Waals surface area contributed by atoms with Crippen molar-refractivity contribution in [3.8, 4) is 0 Å². The van der Waals surface area contributed by atoms with E-state index in [1.807, 2.05) is 0 Å². The van der Waals surface area contributed by atoms with Crippen LogP contribution in [0.4, 0.5) is 11.4 Å². The lowest BCUT2D eigenvalue weighted by molar-refractivity contribution is 1.27. The number of hydrogen-bond donors (Lipinski definition) is 2. The summed E-state index contributed by atoms with van der Waals surface area (Å²) in [5, 5.41) is 3.56. The van der Waals surface area contributed by atoms with Crippen molar-refractivity contribution in [3.63, 3.8) is 0 Å². The predicted molar refractivity (Wildman–Crippen MR) is 52.1 cm³/mol. The summed E-state index contributed by atoms with van der Waals surface area (Å²) in [7, 11) is 0. The molecule has 0 aliphatic heterocycles. The molecule has 3 N–H and O–H groups in total. The Bertz CT molecular complexity index is 285.